The molecule has 0 bridgehead atoms. The minimum atomic E-state index is -0.250. The van der Waals surface area contributed by atoms with Gasteiger partial charge in [-0.25, -0.2) is 8.78 Å². The predicted octanol–water partition coefficient (Wildman–Crippen LogP) is 4.01. The molecule has 0 aliphatic carbocycles. The van der Waals surface area contributed by atoms with Crippen LogP contribution in [-0.4, -0.2) is 20.4 Å². The van der Waals surface area contributed by atoms with Crippen LogP contribution in [0.25, 0.3) is 21.8 Å². The second-order valence-electron chi connectivity index (χ2n) is 4.30. The topological polar surface area (TPSA) is 57.4 Å². The number of hydrogen-bond acceptors (Lipinski definition) is 2. The minimum absolute atomic E-state index is 0.239. The Labute approximate surface area is 131 Å². The van der Waals surface area contributed by atoms with Crippen molar-refractivity contribution < 1.29 is 8.78 Å². The summed E-state index contributed by atoms with van der Waals surface area (Å²) in [6.45, 7) is 0. The Hall–Kier alpha value is -2.03. The van der Waals surface area contributed by atoms with Crippen LogP contribution >= 0.6 is 22.6 Å². The van der Waals surface area contributed by atoms with Crippen LogP contribution in [0.5, 0.6) is 0 Å². The first-order valence-corrected chi connectivity index (χ1v) is 7.09. The number of fused-ring (bicyclic) bond motifs is 2. The maximum Gasteiger partial charge on any atom is 0.125 e. The Morgan fingerprint density at radius 2 is 1.71 bits per heavy atom. The van der Waals surface area contributed by atoms with Gasteiger partial charge in [-0.05, 0) is 52.9 Å². The normalized spacial score (nSPS) is 10.6. The molecule has 2 aromatic carbocycles. The molecule has 0 amide bonds. The molecule has 21 heavy (non-hydrogen) atoms. The molecule has 0 atom stereocenters. The number of nitrogens with zero attached hydrogens (tertiary/aromatic N) is 2. The van der Waals surface area contributed by atoms with Gasteiger partial charge in [-0.3, -0.25) is 10.2 Å². The van der Waals surface area contributed by atoms with E-state index in [1.807, 2.05) is 0 Å². The Balaban J connectivity index is 0.000000126. The van der Waals surface area contributed by atoms with Gasteiger partial charge in [0, 0.05) is 16.8 Å². The molecule has 0 aliphatic rings. The SMILES string of the molecule is Fc1ccc2c(I)[nH]nc2c1.Fc1ccc2cn[nH]c2c1. The third-order valence-corrected chi connectivity index (χ3v) is 3.70. The summed E-state index contributed by atoms with van der Waals surface area (Å²) in [6.07, 6.45) is 1.66. The molecule has 2 N–H and O–H groups in total. The number of benzene rings is 2. The third kappa shape index (κ3) is 3.02. The van der Waals surface area contributed by atoms with Gasteiger partial charge in [-0.2, -0.15) is 10.2 Å². The zero-order chi connectivity index (χ0) is 14.8. The van der Waals surface area contributed by atoms with E-state index in [4.69, 9.17) is 0 Å². The average Bonchev–Trinajstić information content (AvgIpc) is 3.06. The lowest BCUT2D eigenvalue weighted by Gasteiger charge is -1.87. The molecule has 0 saturated heterocycles. The van der Waals surface area contributed by atoms with Crippen molar-refractivity contribution in [2.45, 2.75) is 0 Å². The van der Waals surface area contributed by atoms with Gasteiger partial charge in [0.2, 0.25) is 0 Å². The van der Waals surface area contributed by atoms with Crippen LogP contribution in [0.3, 0.4) is 0 Å². The number of hydrogen-bond donors (Lipinski definition) is 2. The zero-order valence-electron chi connectivity index (χ0n) is 10.6. The van der Waals surface area contributed by atoms with Crippen LogP contribution in [0.1, 0.15) is 0 Å². The summed E-state index contributed by atoms with van der Waals surface area (Å²) in [6, 6.07) is 9.08. The van der Waals surface area contributed by atoms with E-state index in [0.29, 0.717) is 5.52 Å². The molecule has 2 heterocycles. The molecule has 4 aromatic rings. The van der Waals surface area contributed by atoms with Gasteiger partial charge in [0.1, 0.15) is 15.3 Å². The van der Waals surface area contributed by atoms with Crippen LogP contribution < -0.4 is 0 Å². The van der Waals surface area contributed by atoms with Gasteiger partial charge in [-0.15, -0.1) is 0 Å². The monoisotopic (exact) mass is 398 g/mol. The van der Waals surface area contributed by atoms with Crippen LogP contribution in [0, 0.1) is 15.3 Å². The maximum absolute atomic E-state index is 12.6. The van der Waals surface area contributed by atoms with Crippen molar-refractivity contribution in [3.63, 3.8) is 0 Å². The van der Waals surface area contributed by atoms with Crippen molar-refractivity contribution in [1.29, 1.82) is 0 Å². The van der Waals surface area contributed by atoms with Crippen LogP contribution in [0.2, 0.25) is 0 Å². The first-order valence-electron chi connectivity index (χ1n) is 6.01. The lowest BCUT2D eigenvalue weighted by molar-refractivity contribution is 0.629. The van der Waals surface area contributed by atoms with Gasteiger partial charge >= 0.3 is 0 Å². The molecule has 4 nitrogen and oxygen atoms in total. The van der Waals surface area contributed by atoms with Gasteiger partial charge in [0.15, 0.2) is 0 Å². The number of nitrogens with one attached hydrogen (secondary N) is 2. The largest absolute Gasteiger partial charge is 0.278 e. The second kappa shape index (κ2) is 5.76. The van der Waals surface area contributed by atoms with E-state index < -0.39 is 0 Å². The highest BCUT2D eigenvalue weighted by molar-refractivity contribution is 14.1. The summed E-state index contributed by atoms with van der Waals surface area (Å²) >= 11 is 2.12. The predicted molar refractivity (Wildman–Crippen MR) is 84.8 cm³/mol. The number of rotatable bonds is 0. The lowest BCUT2D eigenvalue weighted by Crippen LogP contribution is -1.72. The van der Waals surface area contributed by atoms with Crippen molar-refractivity contribution in [1.82, 2.24) is 20.4 Å². The van der Waals surface area contributed by atoms with Gasteiger partial charge < -0.3 is 0 Å². The highest BCUT2D eigenvalue weighted by Gasteiger charge is 2.01. The van der Waals surface area contributed by atoms with Crippen LogP contribution in [-0.2, 0) is 0 Å². The highest BCUT2D eigenvalue weighted by Crippen LogP contribution is 2.17. The molecule has 0 radical (unpaired) electrons. The van der Waals surface area contributed by atoms with E-state index in [0.717, 1.165) is 20.0 Å². The van der Waals surface area contributed by atoms with E-state index in [1.165, 1.54) is 24.3 Å². The van der Waals surface area contributed by atoms with Crippen LogP contribution in [0.4, 0.5) is 8.78 Å². The Morgan fingerprint density at radius 3 is 2.57 bits per heavy atom. The van der Waals surface area contributed by atoms with E-state index in [9.17, 15) is 8.78 Å². The number of H-pyrrole nitrogens is 2. The standard InChI is InChI=1S/C7H4FIN2.C7H5FN2/c8-4-1-2-5-6(3-4)10-11-7(5)9;8-6-2-1-5-4-9-10-7(5)3-6/h1-3H,(H,10,11);1-4H,(H,9,10). The average molecular weight is 398 g/mol. The second-order valence-corrected chi connectivity index (χ2v) is 5.38. The van der Waals surface area contributed by atoms with Crippen molar-refractivity contribution in [2.24, 2.45) is 0 Å². The lowest BCUT2D eigenvalue weighted by atomic mass is 10.2. The summed E-state index contributed by atoms with van der Waals surface area (Å²) in [5, 5.41) is 15.0. The summed E-state index contributed by atoms with van der Waals surface area (Å²) in [5.41, 5.74) is 1.41. The molecule has 0 spiro atoms. The Kier molecular flexibility index (Phi) is 3.82. The van der Waals surface area contributed by atoms with Gasteiger partial charge in [-0.1, -0.05) is 0 Å². The summed E-state index contributed by atoms with van der Waals surface area (Å²) in [4.78, 5) is 0. The minimum Gasteiger partial charge on any atom is -0.278 e. The third-order valence-electron chi connectivity index (χ3n) is 2.87. The number of aromatic nitrogens is 4. The fraction of sp³-hybridized carbons (Fsp3) is 0. The fourth-order valence-electron chi connectivity index (χ4n) is 1.86. The number of halogens is 3. The summed E-state index contributed by atoms with van der Waals surface area (Å²) in [7, 11) is 0. The van der Waals surface area contributed by atoms with Crippen molar-refractivity contribution in [2.75, 3.05) is 0 Å². The smallest absolute Gasteiger partial charge is 0.125 e. The molecule has 0 fully saturated rings. The summed E-state index contributed by atoms with van der Waals surface area (Å²) < 4.78 is 26.0. The molecule has 4 rings (SSSR count). The molecule has 106 valence electrons. The molecular formula is C14H9F2IN4. The van der Waals surface area contributed by atoms with Gasteiger partial charge in [0.05, 0.1) is 17.2 Å². The molecular weight excluding hydrogens is 389 g/mol. The van der Waals surface area contributed by atoms with Gasteiger partial charge in [0.25, 0.3) is 0 Å². The van der Waals surface area contributed by atoms with Crippen molar-refractivity contribution >= 4 is 44.4 Å². The van der Waals surface area contributed by atoms with E-state index >= 15 is 0 Å². The molecule has 7 heteroatoms. The number of aromatic amines is 2. The Bertz CT molecular complexity index is 900. The van der Waals surface area contributed by atoms with E-state index in [-0.39, 0.29) is 11.6 Å². The van der Waals surface area contributed by atoms with E-state index in [1.54, 1.807) is 18.3 Å². The maximum atomic E-state index is 12.6. The zero-order valence-corrected chi connectivity index (χ0v) is 12.7. The van der Waals surface area contributed by atoms with E-state index in [2.05, 4.69) is 43.0 Å². The molecule has 0 saturated carbocycles. The van der Waals surface area contributed by atoms with Crippen molar-refractivity contribution in [3.05, 3.63) is 57.9 Å². The van der Waals surface area contributed by atoms with Crippen LogP contribution in [0.15, 0.2) is 42.6 Å². The molecule has 2 aromatic heterocycles. The van der Waals surface area contributed by atoms with Crippen molar-refractivity contribution in [3.8, 4) is 0 Å². The Morgan fingerprint density at radius 1 is 0.952 bits per heavy atom. The summed E-state index contributed by atoms with van der Waals surface area (Å²) in [5.74, 6) is -0.489. The molecule has 0 unspecified atom stereocenters. The fourth-order valence-corrected chi connectivity index (χ4v) is 2.44. The first kappa shape index (κ1) is 13.9. The molecule has 0 aliphatic heterocycles. The highest BCUT2D eigenvalue weighted by atomic mass is 127. The quantitative estimate of drug-likeness (QED) is 0.440. The first-order chi connectivity index (χ1) is 10.1.